The third kappa shape index (κ3) is 4.23. The Kier molecular flexibility index (Phi) is 5.46. The molecule has 3 amide bonds. The number of likely N-dealkylation sites (N-methyl/N-ethyl adjacent to an activating group) is 1. The Morgan fingerprint density at radius 3 is 2.56 bits per heavy atom. The fraction of sp³-hybridized carbons (Fsp3) is 0.529. The Labute approximate surface area is 152 Å². The van der Waals surface area contributed by atoms with Crippen molar-refractivity contribution < 1.29 is 9.59 Å². The highest BCUT2D eigenvalue weighted by Gasteiger charge is 2.31. The average molecular weight is 366 g/mol. The van der Waals surface area contributed by atoms with Crippen LogP contribution in [0.5, 0.6) is 0 Å². The van der Waals surface area contributed by atoms with Crippen molar-refractivity contribution in [2.45, 2.75) is 12.5 Å². The largest absolute Gasteiger partial charge is 0.366 e. The Bertz CT molecular complexity index is 660. The summed E-state index contributed by atoms with van der Waals surface area (Å²) >= 11 is 6.03. The summed E-state index contributed by atoms with van der Waals surface area (Å²) in [4.78, 5) is 30.3. The van der Waals surface area contributed by atoms with Crippen molar-refractivity contribution in [3.8, 4) is 0 Å². The van der Waals surface area contributed by atoms with Gasteiger partial charge in [0.1, 0.15) is 0 Å². The Balaban J connectivity index is 1.55. The van der Waals surface area contributed by atoms with E-state index < -0.39 is 5.91 Å². The first-order valence-corrected chi connectivity index (χ1v) is 8.89. The lowest BCUT2D eigenvalue weighted by molar-refractivity contribution is 0.100. The lowest BCUT2D eigenvalue weighted by Gasteiger charge is -2.36. The van der Waals surface area contributed by atoms with E-state index in [1.165, 1.54) is 6.07 Å². The van der Waals surface area contributed by atoms with E-state index in [1.54, 1.807) is 12.1 Å². The molecular formula is C17H24ClN5O2. The van der Waals surface area contributed by atoms with Gasteiger partial charge in [-0.05, 0) is 31.7 Å². The van der Waals surface area contributed by atoms with Gasteiger partial charge in [-0.25, -0.2) is 4.79 Å². The van der Waals surface area contributed by atoms with E-state index in [1.807, 2.05) is 4.90 Å². The molecule has 1 aromatic rings. The van der Waals surface area contributed by atoms with Gasteiger partial charge in [-0.2, -0.15) is 0 Å². The molecule has 7 nitrogen and oxygen atoms in total. The van der Waals surface area contributed by atoms with Gasteiger partial charge in [-0.1, -0.05) is 11.6 Å². The van der Waals surface area contributed by atoms with Gasteiger partial charge >= 0.3 is 6.03 Å². The molecule has 1 aromatic carbocycles. The summed E-state index contributed by atoms with van der Waals surface area (Å²) in [6.45, 7) is 5.75. The average Bonchev–Trinajstić information content (AvgIpc) is 3.05. The standard InChI is InChI=1S/C17H24ClN5O2/c1-21-6-8-22(9-7-21)13-4-5-23(11-13)17(25)20-12-2-3-14(16(19)24)15(18)10-12/h2-3,10,13H,4-9,11H2,1H3,(H2,19,24)(H,20,25)/t13-/m1/s1. The topological polar surface area (TPSA) is 81.9 Å². The van der Waals surface area contributed by atoms with Crippen molar-refractivity contribution in [1.82, 2.24) is 14.7 Å². The number of nitrogens with two attached hydrogens (primary N) is 1. The van der Waals surface area contributed by atoms with E-state index in [0.29, 0.717) is 11.7 Å². The van der Waals surface area contributed by atoms with Gasteiger partial charge in [0.15, 0.2) is 0 Å². The van der Waals surface area contributed by atoms with E-state index in [4.69, 9.17) is 17.3 Å². The molecule has 1 atom stereocenters. The van der Waals surface area contributed by atoms with Crippen LogP contribution in [0.3, 0.4) is 0 Å². The number of primary amides is 1. The van der Waals surface area contributed by atoms with Crippen molar-refractivity contribution in [3.05, 3.63) is 28.8 Å². The van der Waals surface area contributed by atoms with Gasteiger partial charge in [-0.3, -0.25) is 9.69 Å². The van der Waals surface area contributed by atoms with E-state index in [-0.39, 0.29) is 16.6 Å². The molecule has 0 unspecified atom stereocenters. The van der Waals surface area contributed by atoms with Gasteiger partial charge in [0, 0.05) is 51.0 Å². The molecule has 0 radical (unpaired) electrons. The van der Waals surface area contributed by atoms with Crippen molar-refractivity contribution in [1.29, 1.82) is 0 Å². The quantitative estimate of drug-likeness (QED) is 0.845. The number of benzene rings is 1. The molecule has 0 aromatic heterocycles. The summed E-state index contributed by atoms with van der Waals surface area (Å²) < 4.78 is 0. The first-order chi connectivity index (χ1) is 11.9. The normalized spacial score (nSPS) is 22.2. The van der Waals surface area contributed by atoms with Crippen LogP contribution in [0.1, 0.15) is 16.8 Å². The molecule has 2 aliphatic heterocycles. The van der Waals surface area contributed by atoms with Crippen LogP contribution in [0.25, 0.3) is 0 Å². The third-order valence-electron chi connectivity index (χ3n) is 4.99. The Hall–Kier alpha value is -1.83. The first-order valence-electron chi connectivity index (χ1n) is 8.52. The second-order valence-corrected chi connectivity index (χ2v) is 7.12. The van der Waals surface area contributed by atoms with Crippen LogP contribution in [0.15, 0.2) is 18.2 Å². The van der Waals surface area contributed by atoms with Crippen molar-refractivity contribution in [2.75, 3.05) is 51.6 Å². The van der Waals surface area contributed by atoms with E-state index in [9.17, 15) is 9.59 Å². The van der Waals surface area contributed by atoms with Crippen molar-refractivity contribution in [3.63, 3.8) is 0 Å². The monoisotopic (exact) mass is 365 g/mol. The van der Waals surface area contributed by atoms with Gasteiger partial charge < -0.3 is 20.9 Å². The number of carbonyl (C=O) groups is 2. The van der Waals surface area contributed by atoms with Crippen LogP contribution in [-0.2, 0) is 0 Å². The molecule has 2 saturated heterocycles. The molecule has 2 heterocycles. The molecule has 136 valence electrons. The second kappa shape index (κ2) is 7.59. The minimum absolute atomic E-state index is 0.139. The Morgan fingerprint density at radius 1 is 1.20 bits per heavy atom. The molecule has 3 rings (SSSR count). The number of nitrogens with zero attached hydrogens (tertiary/aromatic N) is 3. The zero-order valence-corrected chi connectivity index (χ0v) is 15.1. The number of anilines is 1. The maximum absolute atomic E-state index is 12.5. The maximum Gasteiger partial charge on any atom is 0.321 e. The van der Waals surface area contributed by atoms with Crippen LogP contribution in [0.4, 0.5) is 10.5 Å². The highest BCUT2D eigenvalue weighted by Crippen LogP contribution is 2.22. The predicted octanol–water partition coefficient (Wildman–Crippen LogP) is 1.29. The van der Waals surface area contributed by atoms with Crippen LogP contribution < -0.4 is 11.1 Å². The SMILES string of the molecule is CN1CCN([C@@H]2CCN(C(=O)Nc3ccc(C(N)=O)c(Cl)c3)C2)CC1. The van der Waals surface area contributed by atoms with Gasteiger partial charge in [0.2, 0.25) is 5.91 Å². The molecular weight excluding hydrogens is 342 g/mol. The second-order valence-electron chi connectivity index (χ2n) is 6.72. The fourth-order valence-electron chi connectivity index (χ4n) is 3.41. The number of nitrogens with one attached hydrogen (secondary N) is 1. The van der Waals surface area contributed by atoms with E-state index >= 15 is 0 Å². The molecule has 25 heavy (non-hydrogen) atoms. The van der Waals surface area contributed by atoms with Crippen LogP contribution in [-0.4, -0.2) is 79.0 Å². The number of rotatable bonds is 3. The number of amides is 3. The Morgan fingerprint density at radius 2 is 1.92 bits per heavy atom. The first kappa shape index (κ1) is 18.0. The zero-order chi connectivity index (χ0) is 18.0. The van der Waals surface area contributed by atoms with Crippen molar-refractivity contribution >= 4 is 29.2 Å². The highest BCUT2D eigenvalue weighted by atomic mass is 35.5. The molecule has 3 N–H and O–H groups in total. The minimum Gasteiger partial charge on any atom is -0.366 e. The number of hydrogen-bond acceptors (Lipinski definition) is 4. The van der Waals surface area contributed by atoms with Crippen LogP contribution in [0, 0.1) is 0 Å². The van der Waals surface area contributed by atoms with Crippen LogP contribution in [0.2, 0.25) is 5.02 Å². The number of carbonyl (C=O) groups excluding carboxylic acids is 2. The predicted molar refractivity (Wildman–Crippen MR) is 98.0 cm³/mol. The molecule has 8 heteroatoms. The lowest BCUT2D eigenvalue weighted by atomic mass is 10.2. The summed E-state index contributed by atoms with van der Waals surface area (Å²) in [6, 6.07) is 5.00. The van der Waals surface area contributed by atoms with Gasteiger partial charge in [0.25, 0.3) is 0 Å². The number of piperazine rings is 1. The lowest BCUT2D eigenvalue weighted by Crippen LogP contribution is -2.50. The molecule has 0 spiro atoms. The molecule has 0 bridgehead atoms. The molecule has 0 aliphatic carbocycles. The number of urea groups is 1. The number of halogens is 1. The number of likely N-dealkylation sites (tertiary alicyclic amines) is 1. The summed E-state index contributed by atoms with van der Waals surface area (Å²) in [6.07, 6.45) is 0.999. The van der Waals surface area contributed by atoms with Gasteiger partial charge in [0.05, 0.1) is 10.6 Å². The maximum atomic E-state index is 12.5. The summed E-state index contributed by atoms with van der Waals surface area (Å²) in [7, 11) is 2.14. The molecule has 0 saturated carbocycles. The van der Waals surface area contributed by atoms with Gasteiger partial charge in [-0.15, -0.1) is 0 Å². The van der Waals surface area contributed by atoms with Crippen molar-refractivity contribution in [2.24, 2.45) is 5.73 Å². The number of hydrogen-bond donors (Lipinski definition) is 2. The summed E-state index contributed by atoms with van der Waals surface area (Å²) in [5.41, 5.74) is 6.04. The smallest absolute Gasteiger partial charge is 0.321 e. The fourth-order valence-corrected chi connectivity index (χ4v) is 3.68. The van der Waals surface area contributed by atoms with Crippen LogP contribution >= 0.6 is 11.6 Å². The highest BCUT2D eigenvalue weighted by molar-refractivity contribution is 6.34. The zero-order valence-electron chi connectivity index (χ0n) is 14.4. The van der Waals surface area contributed by atoms with E-state index in [0.717, 1.165) is 45.7 Å². The summed E-state index contributed by atoms with van der Waals surface area (Å²) in [5, 5.41) is 3.08. The third-order valence-corrected chi connectivity index (χ3v) is 5.30. The molecule has 2 aliphatic rings. The summed E-state index contributed by atoms with van der Waals surface area (Å²) in [5.74, 6) is -0.586. The molecule has 2 fully saturated rings. The van der Waals surface area contributed by atoms with E-state index in [2.05, 4.69) is 22.2 Å². The minimum atomic E-state index is -0.586.